The molecule has 1 amide bonds. The molecule has 96 valence electrons. The monoisotopic (exact) mass is 240 g/mol. The van der Waals surface area contributed by atoms with Crippen LogP contribution in [-0.4, -0.2) is 30.4 Å². The second-order valence-electron chi connectivity index (χ2n) is 5.24. The molecule has 1 heterocycles. The third kappa shape index (κ3) is 5.55. The summed E-state index contributed by atoms with van der Waals surface area (Å²) in [6.07, 6.45) is 1.64. The van der Waals surface area contributed by atoms with E-state index in [1.54, 1.807) is 0 Å². The van der Waals surface area contributed by atoms with E-state index in [9.17, 15) is 4.79 Å². The fourth-order valence-electron chi connectivity index (χ4n) is 1.66. The molecule has 0 aromatic rings. The lowest BCUT2D eigenvalue weighted by atomic mass is 10.0. The zero-order valence-corrected chi connectivity index (χ0v) is 10.7. The summed E-state index contributed by atoms with van der Waals surface area (Å²) >= 11 is 0. The maximum Gasteiger partial charge on any atom is 0.407 e. The van der Waals surface area contributed by atoms with Gasteiger partial charge in [-0.15, -0.1) is 0 Å². The lowest BCUT2D eigenvalue weighted by molar-refractivity contribution is -0.00538. The van der Waals surface area contributed by atoms with Crippen molar-refractivity contribution < 1.29 is 14.3 Å². The standard InChI is InChI=1S/C12H20N2O3/c1-12(2,3)17-11(15)14-9-4-5-10(6-7-13)16-8-9/h9-10H,4-6,8H2,1-3H3,(H,14,15)/t9-,10?/m0/s1. The second-order valence-corrected chi connectivity index (χ2v) is 5.24. The van der Waals surface area contributed by atoms with Crippen LogP contribution in [-0.2, 0) is 9.47 Å². The van der Waals surface area contributed by atoms with Crippen molar-refractivity contribution in [3.8, 4) is 6.07 Å². The molecular weight excluding hydrogens is 220 g/mol. The van der Waals surface area contributed by atoms with Gasteiger partial charge < -0.3 is 14.8 Å². The molecule has 5 nitrogen and oxygen atoms in total. The lowest BCUT2D eigenvalue weighted by Gasteiger charge is -2.29. The molecule has 1 fully saturated rings. The molecule has 1 saturated heterocycles. The molecule has 0 aromatic carbocycles. The van der Waals surface area contributed by atoms with Crippen molar-refractivity contribution in [3.05, 3.63) is 0 Å². The van der Waals surface area contributed by atoms with Crippen LogP contribution >= 0.6 is 0 Å². The number of nitrogens with zero attached hydrogens (tertiary/aromatic N) is 1. The van der Waals surface area contributed by atoms with Crippen LogP contribution in [0.3, 0.4) is 0 Å². The average Bonchev–Trinajstić information content (AvgIpc) is 2.18. The normalized spacial score (nSPS) is 24.8. The molecule has 2 atom stereocenters. The van der Waals surface area contributed by atoms with E-state index < -0.39 is 11.7 Å². The quantitative estimate of drug-likeness (QED) is 0.801. The molecule has 1 rings (SSSR count). The molecule has 0 saturated carbocycles. The van der Waals surface area contributed by atoms with Gasteiger partial charge in [-0.25, -0.2) is 4.79 Å². The first-order chi connectivity index (χ1) is 7.90. The van der Waals surface area contributed by atoms with Gasteiger partial charge in [0, 0.05) is 0 Å². The van der Waals surface area contributed by atoms with Crippen LogP contribution in [0.5, 0.6) is 0 Å². The van der Waals surface area contributed by atoms with E-state index in [1.165, 1.54) is 0 Å². The summed E-state index contributed by atoms with van der Waals surface area (Å²) in [5, 5.41) is 11.3. The van der Waals surface area contributed by atoms with Crippen molar-refractivity contribution in [2.24, 2.45) is 0 Å². The number of nitrogens with one attached hydrogen (secondary N) is 1. The Labute approximate surface area is 102 Å². The maximum atomic E-state index is 11.5. The number of amides is 1. The number of alkyl carbamates (subject to hydrolysis) is 1. The van der Waals surface area contributed by atoms with Crippen LogP contribution in [0.25, 0.3) is 0 Å². The fraction of sp³-hybridized carbons (Fsp3) is 0.833. The predicted molar refractivity (Wildman–Crippen MR) is 62.4 cm³/mol. The van der Waals surface area contributed by atoms with Gasteiger partial charge in [-0.05, 0) is 33.6 Å². The van der Waals surface area contributed by atoms with Gasteiger partial charge in [0.1, 0.15) is 5.60 Å². The highest BCUT2D eigenvalue weighted by molar-refractivity contribution is 5.68. The van der Waals surface area contributed by atoms with Crippen molar-refractivity contribution in [1.82, 2.24) is 5.32 Å². The number of hydrogen-bond acceptors (Lipinski definition) is 4. The molecule has 0 aromatic heterocycles. The smallest absolute Gasteiger partial charge is 0.407 e. The van der Waals surface area contributed by atoms with Crippen LogP contribution < -0.4 is 5.32 Å². The first kappa shape index (κ1) is 13.8. The lowest BCUT2D eigenvalue weighted by Crippen LogP contribution is -2.44. The maximum absolute atomic E-state index is 11.5. The number of rotatable bonds is 2. The van der Waals surface area contributed by atoms with Crippen molar-refractivity contribution in [3.63, 3.8) is 0 Å². The molecule has 1 aliphatic rings. The van der Waals surface area contributed by atoms with Crippen molar-refractivity contribution >= 4 is 6.09 Å². The zero-order valence-electron chi connectivity index (χ0n) is 10.7. The SMILES string of the molecule is CC(C)(C)OC(=O)N[C@H]1CCC(CC#N)OC1. The van der Waals surface area contributed by atoms with Crippen LogP contribution in [0.2, 0.25) is 0 Å². The van der Waals surface area contributed by atoms with Crippen molar-refractivity contribution in [1.29, 1.82) is 5.26 Å². The Bertz CT molecular complexity index is 296. The fourth-order valence-corrected chi connectivity index (χ4v) is 1.66. The van der Waals surface area contributed by atoms with Crippen molar-refractivity contribution in [2.45, 2.75) is 57.8 Å². The van der Waals surface area contributed by atoms with Gasteiger partial charge in [-0.2, -0.15) is 5.26 Å². The number of ether oxygens (including phenoxy) is 2. The molecule has 1 aliphatic heterocycles. The van der Waals surface area contributed by atoms with Crippen LogP contribution in [0, 0.1) is 11.3 Å². The summed E-state index contributed by atoms with van der Waals surface area (Å²) in [6, 6.07) is 2.07. The summed E-state index contributed by atoms with van der Waals surface area (Å²) in [5.74, 6) is 0. The van der Waals surface area contributed by atoms with Gasteiger partial charge in [0.15, 0.2) is 0 Å². The highest BCUT2D eigenvalue weighted by atomic mass is 16.6. The topological polar surface area (TPSA) is 71.3 Å². The molecule has 0 aliphatic carbocycles. The van der Waals surface area contributed by atoms with Crippen LogP contribution in [0.4, 0.5) is 4.79 Å². The minimum absolute atomic E-state index is 0.0108. The Morgan fingerprint density at radius 3 is 2.71 bits per heavy atom. The average molecular weight is 240 g/mol. The minimum atomic E-state index is -0.483. The Morgan fingerprint density at radius 1 is 1.53 bits per heavy atom. The molecular formula is C12H20N2O3. The highest BCUT2D eigenvalue weighted by Gasteiger charge is 2.24. The largest absolute Gasteiger partial charge is 0.444 e. The van der Waals surface area contributed by atoms with Gasteiger partial charge in [-0.3, -0.25) is 0 Å². The molecule has 0 spiro atoms. The molecule has 17 heavy (non-hydrogen) atoms. The summed E-state index contributed by atoms with van der Waals surface area (Å²) < 4.78 is 10.6. The Kier molecular flexibility index (Phi) is 4.76. The van der Waals surface area contributed by atoms with E-state index in [0.29, 0.717) is 13.0 Å². The third-order valence-electron chi connectivity index (χ3n) is 2.41. The van der Waals surface area contributed by atoms with Gasteiger partial charge in [0.25, 0.3) is 0 Å². The van der Waals surface area contributed by atoms with Crippen molar-refractivity contribution in [2.75, 3.05) is 6.61 Å². The van der Waals surface area contributed by atoms with Gasteiger partial charge in [0.2, 0.25) is 0 Å². The van der Waals surface area contributed by atoms with Gasteiger partial charge >= 0.3 is 6.09 Å². The van der Waals surface area contributed by atoms with E-state index in [-0.39, 0.29) is 12.1 Å². The number of carbonyl (C=O) groups is 1. The second kappa shape index (κ2) is 5.87. The van der Waals surface area contributed by atoms with Gasteiger partial charge in [-0.1, -0.05) is 0 Å². The zero-order chi connectivity index (χ0) is 12.9. The Hall–Kier alpha value is -1.28. The van der Waals surface area contributed by atoms with E-state index in [2.05, 4.69) is 11.4 Å². The van der Waals surface area contributed by atoms with Gasteiger partial charge in [0.05, 0.1) is 31.2 Å². The number of hydrogen-bond donors (Lipinski definition) is 1. The summed E-state index contributed by atoms with van der Waals surface area (Å²) in [5.41, 5.74) is -0.483. The van der Waals surface area contributed by atoms with E-state index in [4.69, 9.17) is 14.7 Å². The Balaban J connectivity index is 2.27. The van der Waals surface area contributed by atoms with E-state index in [1.807, 2.05) is 20.8 Å². The highest BCUT2D eigenvalue weighted by Crippen LogP contribution is 2.16. The van der Waals surface area contributed by atoms with E-state index in [0.717, 1.165) is 12.8 Å². The molecule has 0 bridgehead atoms. The first-order valence-electron chi connectivity index (χ1n) is 5.89. The first-order valence-corrected chi connectivity index (χ1v) is 5.89. The third-order valence-corrected chi connectivity index (χ3v) is 2.41. The molecule has 1 unspecified atom stereocenters. The molecule has 1 N–H and O–H groups in total. The summed E-state index contributed by atoms with van der Waals surface area (Å²) in [7, 11) is 0. The number of carbonyl (C=O) groups excluding carboxylic acids is 1. The molecule has 0 radical (unpaired) electrons. The predicted octanol–water partition coefficient (Wildman–Crippen LogP) is 1.97. The summed E-state index contributed by atoms with van der Waals surface area (Å²) in [6.45, 7) is 5.93. The van der Waals surface area contributed by atoms with Crippen LogP contribution in [0.15, 0.2) is 0 Å². The Morgan fingerprint density at radius 2 is 2.24 bits per heavy atom. The minimum Gasteiger partial charge on any atom is -0.444 e. The number of nitriles is 1. The summed E-state index contributed by atoms with van der Waals surface area (Å²) in [4.78, 5) is 11.5. The van der Waals surface area contributed by atoms with Crippen LogP contribution in [0.1, 0.15) is 40.0 Å². The van der Waals surface area contributed by atoms with E-state index >= 15 is 0 Å². The molecule has 5 heteroatoms.